The molecule has 1 fully saturated rings. The van der Waals surface area contributed by atoms with Crippen molar-refractivity contribution < 1.29 is 22.7 Å². The molecule has 1 aliphatic rings. The Morgan fingerprint density at radius 3 is 2.46 bits per heavy atom. The summed E-state index contributed by atoms with van der Waals surface area (Å²) in [4.78, 5) is 14.0. The van der Waals surface area contributed by atoms with Gasteiger partial charge in [0.2, 0.25) is 10.0 Å². The zero-order chi connectivity index (χ0) is 18.0. The first-order valence-electron chi connectivity index (χ1n) is 7.75. The first kappa shape index (κ1) is 18.5. The van der Waals surface area contributed by atoms with Gasteiger partial charge in [-0.2, -0.15) is 4.31 Å². The van der Waals surface area contributed by atoms with Gasteiger partial charge in [-0.05, 0) is 38.8 Å². The second-order valence-corrected chi connectivity index (χ2v) is 8.32. The Labute approximate surface area is 142 Å². The third-order valence-corrected chi connectivity index (χ3v) is 5.47. The molecule has 0 spiro atoms. The third kappa shape index (κ3) is 4.60. The highest BCUT2D eigenvalue weighted by molar-refractivity contribution is 7.89. The summed E-state index contributed by atoms with van der Waals surface area (Å²) in [5.74, 6) is 5.50. The standard InChI is InChI=1S/C16H22N2O5S/c1-4-24(21,22)18-11-9-17(10-12-18)15(19)14-6-5-13(23-14)7-8-16(2,3)20/h5-6,20H,4,9-12H2,1-3H3. The minimum Gasteiger partial charge on any atom is -0.443 e. The molecular formula is C16H22N2O5S. The molecule has 0 bridgehead atoms. The van der Waals surface area contributed by atoms with Crippen LogP contribution in [0.2, 0.25) is 0 Å². The summed E-state index contributed by atoms with van der Waals surface area (Å²) in [6, 6.07) is 3.11. The van der Waals surface area contributed by atoms with Gasteiger partial charge in [-0.25, -0.2) is 8.42 Å². The summed E-state index contributed by atoms with van der Waals surface area (Å²) in [7, 11) is -3.22. The Morgan fingerprint density at radius 2 is 1.92 bits per heavy atom. The van der Waals surface area contributed by atoms with E-state index < -0.39 is 15.6 Å². The molecule has 1 N–H and O–H groups in total. The van der Waals surface area contributed by atoms with Crippen molar-refractivity contribution in [3.05, 3.63) is 23.7 Å². The molecule has 24 heavy (non-hydrogen) atoms. The molecule has 7 nitrogen and oxygen atoms in total. The van der Waals surface area contributed by atoms with Crippen molar-refractivity contribution in [3.63, 3.8) is 0 Å². The Balaban J connectivity index is 2.01. The molecule has 1 saturated heterocycles. The summed E-state index contributed by atoms with van der Waals surface area (Å²) < 4.78 is 30.5. The van der Waals surface area contributed by atoms with E-state index >= 15 is 0 Å². The third-order valence-electron chi connectivity index (χ3n) is 3.59. The van der Waals surface area contributed by atoms with Crippen LogP contribution >= 0.6 is 0 Å². The van der Waals surface area contributed by atoms with E-state index in [0.717, 1.165) is 0 Å². The van der Waals surface area contributed by atoms with Gasteiger partial charge >= 0.3 is 0 Å². The van der Waals surface area contributed by atoms with Crippen LogP contribution in [0.5, 0.6) is 0 Å². The molecule has 0 aromatic carbocycles. The van der Waals surface area contributed by atoms with Crippen LogP contribution in [0.3, 0.4) is 0 Å². The number of carbonyl (C=O) groups is 1. The van der Waals surface area contributed by atoms with Crippen molar-refractivity contribution in [1.82, 2.24) is 9.21 Å². The Hall–Kier alpha value is -1.82. The molecule has 2 rings (SSSR count). The van der Waals surface area contributed by atoms with Crippen LogP contribution in [0.15, 0.2) is 16.5 Å². The first-order valence-corrected chi connectivity index (χ1v) is 9.36. The molecule has 132 valence electrons. The molecule has 0 saturated carbocycles. The summed E-state index contributed by atoms with van der Waals surface area (Å²) >= 11 is 0. The lowest BCUT2D eigenvalue weighted by Gasteiger charge is -2.33. The molecule has 0 radical (unpaired) electrons. The van der Waals surface area contributed by atoms with Crippen LogP contribution < -0.4 is 0 Å². The predicted molar refractivity (Wildman–Crippen MR) is 88.8 cm³/mol. The van der Waals surface area contributed by atoms with Crippen molar-refractivity contribution in [3.8, 4) is 11.8 Å². The van der Waals surface area contributed by atoms with Crippen LogP contribution in [-0.2, 0) is 10.0 Å². The minimum absolute atomic E-state index is 0.0579. The molecule has 1 aliphatic heterocycles. The summed E-state index contributed by atoms with van der Waals surface area (Å²) in [5.41, 5.74) is -1.14. The number of piperazine rings is 1. The number of sulfonamides is 1. The maximum atomic E-state index is 12.4. The normalized spacial score (nSPS) is 16.6. The van der Waals surface area contributed by atoms with Gasteiger partial charge in [-0.3, -0.25) is 4.79 Å². The van der Waals surface area contributed by atoms with E-state index in [2.05, 4.69) is 11.8 Å². The van der Waals surface area contributed by atoms with E-state index in [1.165, 1.54) is 10.4 Å². The molecule has 1 aromatic rings. The monoisotopic (exact) mass is 354 g/mol. The maximum Gasteiger partial charge on any atom is 0.289 e. The van der Waals surface area contributed by atoms with Crippen LogP contribution in [0.25, 0.3) is 0 Å². The lowest BCUT2D eigenvalue weighted by molar-refractivity contribution is 0.0665. The van der Waals surface area contributed by atoms with Crippen molar-refractivity contribution in [1.29, 1.82) is 0 Å². The summed E-state index contributed by atoms with van der Waals surface area (Å²) in [6.45, 7) is 5.93. The van der Waals surface area contributed by atoms with Crippen molar-refractivity contribution in [2.75, 3.05) is 31.9 Å². The molecule has 1 aromatic heterocycles. The van der Waals surface area contributed by atoms with Gasteiger partial charge in [0.25, 0.3) is 5.91 Å². The zero-order valence-electron chi connectivity index (χ0n) is 14.1. The molecule has 1 amide bonds. The minimum atomic E-state index is -3.22. The number of hydrogen-bond donors (Lipinski definition) is 1. The van der Waals surface area contributed by atoms with Gasteiger partial charge in [-0.15, -0.1) is 0 Å². The summed E-state index contributed by atoms with van der Waals surface area (Å²) in [6.07, 6.45) is 0. The number of furan rings is 1. The van der Waals surface area contributed by atoms with Gasteiger partial charge in [-0.1, -0.05) is 5.92 Å². The van der Waals surface area contributed by atoms with E-state index in [4.69, 9.17) is 4.42 Å². The number of nitrogens with zero attached hydrogens (tertiary/aromatic N) is 2. The predicted octanol–water partition coefficient (Wildman–Crippen LogP) is 0.510. The largest absolute Gasteiger partial charge is 0.443 e. The van der Waals surface area contributed by atoms with E-state index in [9.17, 15) is 18.3 Å². The van der Waals surface area contributed by atoms with E-state index in [1.54, 1.807) is 31.7 Å². The number of aliphatic hydroxyl groups is 1. The second-order valence-electron chi connectivity index (χ2n) is 6.06. The zero-order valence-corrected chi connectivity index (χ0v) is 14.9. The number of amides is 1. The highest BCUT2D eigenvalue weighted by atomic mass is 32.2. The van der Waals surface area contributed by atoms with Gasteiger partial charge in [0.15, 0.2) is 11.5 Å². The van der Waals surface area contributed by atoms with Gasteiger partial charge in [0.1, 0.15) is 5.60 Å². The highest BCUT2D eigenvalue weighted by Gasteiger charge is 2.29. The van der Waals surface area contributed by atoms with Gasteiger partial charge < -0.3 is 14.4 Å². The molecule has 8 heteroatoms. The van der Waals surface area contributed by atoms with Crippen LogP contribution in [0.1, 0.15) is 37.1 Å². The number of rotatable bonds is 3. The van der Waals surface area contributed by atoms with Crippen LogP contribution in [0.4, 0.5) is 0 Å². The molecule has 2 heterocycles. The fourth-order valence-corrected chi connectivity index (χ4v) is 3.33. The second kappa shape index (κ2) is 6.97. The molecule has 0 unspecified atom stereocenters. The van der Waals surface area contributed by atoms with Crippen molar-refractivity contribution in [2.45, 2.75) is 26.4 Å². The molecule has 0 atom stereocenters. The average molecular weight is 354 g/mol. The van der Waals surface area contributed by atoms with Gasteiger partial charge in [0, 0.05) is 26.2 Å². The van der Waals surface area contributed by atoms with Crippen LogP contribution in [0, 0.1) is 11.8 Å². The topological polar surface area (TPSA) is 91.1 Å². The number of hydrogen-bond acceptors (Lipinski definition) is 5. The lowest BCUT2D eigenvalue weighted by Crippen LogP contribution is -2.50. The van der Waals surface area contributed by atoms with E-state index in [1.807, 2.05) is 0 Å². The fourth-order valence-electron chi connectivity index (χ4n) is 2.24. The molecule has 0 aliphatic carbocycles. The van der Waals surface area contributed by atoms with Crippen LogP contribution in [-0.4, -0.2) is 66.2 Å². The van der Waals surface area contributed by atoms with Gasteiger partial charge in [0.05, 0.1) is 5.75 Å². The average Bonchev–Trinajstić information content (AvgIpc) is 3.01. The smallest absolute Gasteiger partial charge is 0.289 e. The lowest BCUT2D eigenvalue weighted by atomic mass is 10.1. The Kier molecular flexibility index (Phi) is 5.38. The Bertz CT molecular complexity index is 756. The van der Waals surface area contributed by atoms with Crippen molar-refractivity contribution >= 4 is 15.9 Å². The van der Waals surface area contributed by atoms with E-state index in [-0.39, 0.29) is 30.5 Å². The van der Waals surface area contributed by atoms with Crippen molar-refractivity contribution in [2.24, 2.45) is 0 Å². The highest BCUT2D eigenvalue weighted by Crippen LogP contribution is 2.14. The maximum absolute atomic E-state index is 12.4. The summed E-state index contributed by atoms with van der Waals surface area (Å²) in [5, 5.41) is 9.57. The SMILES string of the molecule is CCS(=O)(=O)N1CCN(C(=O)c2ccc(C#CC(C)(C)O)o2)CC1. The fraction of sp³-hybridized carbons (Fsp3) is 0.562. The first-order chi connectivity index (χ1) is 11.1. The molecular weight excluding hydrogens is 332 g/mol. The van der Waals surface area contributed by atoms with E-state index in [0.29, 0.717) is 18.8 Å². The number of carbonyl (C=O) groups excluding carboxylic acids is 1. The quantitative estimate of drug-likeness (QED) is 0.799. The Morgan fingerprint density at radius 1 is 1.29 bits per heavy atom.